The van der Waals surface area contributed by atoms with Crippen LogP contribution in [0.1, 0.15) is 114 Å². The van der Waals surface area contributed by atoms with Crippen LogP contribution in [0, 0.1) is 0 Å². The molecule has 1 amide bonds. The third kappa shape index (κ3) is 10.9. The van der Waals surface area contributed by atoms with Crippen molar-refractivity contribution < 1.29 is 22.9 Å². The molecule has 0 saturated carbocycles. The lowest BCUT2D eigenvalue weighted by Crippen LogP contribution is -2.27. The van der Waals surface area contributed by atoms with Crippen molar-refractivity contribution in [1.82, 2.24) is 5.32 Å². The molecule has 0 saturated heterocycles. The number of fused-ring (bicyclic) bond motifs is 1. The number of hydrogen-bond donors (Lipinski definition) is 3. The summed E-state index contributed by atoms with van der Waals surface area (Å²) in [6.07, 6.45) is 15.7. The monoisotopic (exact) mass is 519 g/mol. The molecule has 2 rings (SSSR count). The fourth-order valence-corrected chi connectivity index (χ4v) is 5.65. The molecule has 7 heteroatoms. The predicted octanol–water partition coefficient (Wildman–Crippen LogP) is 7.40. The molecule has 2 aromatic carbocycles. The molecular weight excluding hydrogens is 474 g/mol. The summed E-state index contributed by atoms with van der Waals surface area (Å²) in [4.78, 5) is 12.5. The van der Waals surface area contributed by atoms with Gasteiger partial charge >= 0.3 is 0 Å². The van der Waals surface area contributed by atoms with Crippen LogP contribution in [0.25, 0.3) is 10.8 Å². The van der Waals surface area contributed by atoms with Crippen molar-refractivity contribution in [2.75, 3.05) is 6.54 Å². The Bertz CT molecular complexity index is 1020. The van der Waals surface area contributed by atoms with E-state index in [1.165, 1.54) is 57.8 Å². The van der Waals surface area contributed by atoms with Crippen molar-refractivity contribution in [3.05, 3.63) is 42.0 Å². The van der Waals surface area contributed by atoms with Gasteiger partial charge in [-0.3, -0.25) is 9.35 Å². The van der Waals surface area contributed by atoms with Crippen molar-refractivity contribution in [3.63, 3.8) is 0 Å². The summed E-state index contributed by atoms with van der Waals surface area (Å²) in [6, 6.07) is 10.7. The Hall–Kier alpha value is -2.12. The van der Waals surface area contributed by atoms with Gasteiger partial charge in [-0.1, -0.05) is 114 Å². The molecule has 0 aromatic heterocycles. The van der Waals surface area contributed by atoms with Crippen LogP contribution >= 0.6 is 0 Å². The number of amides is 1. The lowest BCUT2D eigenvalue weighted by molar-refractivity contribution is 0.0950. The summed E-state index contributed by atoms with van der Waals surface area (Å²) in [7, 11) is -4.12. The van der Waals surface area contributed by atoms with E-state index in [1.807, 2.05) is 12.1 Å². The van der Waals surface area contributed by atoms with E-state index < -0.39 is 21.3 Å². The van der Waals surface area contributed by atoms with E-state index in [1.54, 1.807) is 24.3 Å². The number of phenolic OH excluding ortho intramolecular Hbond substituents is 1. The average Bonchev–Trinajstić information content (AvgIpc) is 2.85. The van der Waals surface area contributed by atoms with Gasteiger partial charge in [0.15, 0.2) is 0 Å². The maximum Gasteiger partial charge on any atom is 0.267 e. The van der Waals surface area contributed by atoms with Gasteiger partial charge in [-0.15, -0.1) is 0 Å². The number of unbranched alkanes of at least 4 members (excludes halogenated alkanes) is 11. The van der Waals surface area contributed by atoms with Gasteiger partial charge in [-0.05, 0) is 30.7 Å². The minimum absolute atomic E-state index is 0.0617. The Labute approximate surface area is 217 Å². The molecule has 0 radical (unpaired) electrons. The number of carbonyl (C=O) groups excluding carboxylic acids is 1. The van der Waals surface area contributed by atoms with Gasteiger partial charge in [-0.2, -0.15) is 8.42 Å². The van der Waals surface area contributed by atoms with Crippen LogP contribution in [0.3, 0.4) is 0 Å². The van der Waals surface area contributed by atoms with Gasteiger partial charge in [0, 0.05) is 11.9 Å². The van der Waals surface area contributed by atoms with E-state index in [0.29, 0.717) is 24.6 Å². The molecule has 3 N–H and O–H groups in total. The fraction of sp³-hybridized carbons (Fsp3) is 0.621. The van der Waals surface area contributed by atoms with Crippen molar-refractivity contribution in [3.8, 4) is 5.75 Å². The topological polar surface area (TPSA) is 104 Å². The van der Waals surface area contributed by atoms with Gasteiger partial charge in [0.1, 0.15) is 5.75 Å². The number of carbonyl (C=O) groups is 1. The number of phenols is 1. The number of benzene rings is 2. The number of rotatable bonds is 19. The Morgan fingerprint density at radius 2 is 1.36 bits per heavy atom. The minimum atomic E-state index is -4.12. The van der Waals surface area contributed by atoms with E-state index in [4.69, 9.17) is 0 Å². The van der Waals surface area contributed by atoms with Crippen molar-refractivity contribution in [2.45, 2.75) is 108 Å². The smallest absolute Gasteiger partial charge is 0.267 e. The Morgan fingerprint density at radius 3 is 1.97 bits per heavy atom. The zero-order valence-electron chi connectivity index (χ0n) is 21.9. The molecule has 202 valence electrons. The molecule has 0 heterocycles. The molecule has 1 atom stereocenters. The molecule has 0 spiro atoms. The molecule has 0 fully saturated rings. The van der Waals surface area contributed by atoms with Crippen LogP contribution in [0.15, 0.2) is 36.4 Å². The second-order valence-corrected chi connectivity index (χ2v) is 11.6. The van der Waals surface area contributed by atoms with E-state index in [0.717, 1.165) is 24.6 Å². The number of aromatic hydroxyl groups is 1. The summed E-state index contributed by atoms with van der Waals surface area (Å²) in [5.41, 5.74) is 0.191. The second kappa shape index (κ2) is 16.6. The first-order valence-electron chi connectivity index (χ1n) is 13.8. The highest BCUT2D eigenvalue weighted by atomic mass is 32.2. The first kappa shape index (κ1) is 30.1. The summed E-state index contributed by atoms with van der Waals surface area (Å²) in [6.45, 7) is 2.51. The zero-order valence-corrected chi connectivity index (χ0v) is 22.7. The maximum atomic E-state index is 12.5. The number of hydrogen-bond acceptors (Lipinski definition) is 4. The SMILES string of the molecule is CCCCCCCCCCCCCCC(CCCNC(=O)c1ccc2ccccc2c1O)S(=O)(=O)O. The van der Waals surface area contributed by atoms with Crippen molar-refractivity contribution in [2.24, 2.45) is 0 Å². The first-order chi connectivity index (χ1) is 17.3. The van der Waals surface area contributed by atoms with Gasteiger partial charge < -0.3 is 10.4 Å². The fourth-order valence-electron chi connectivity index (χ4n) is 4.72. The largest absolute Gasteiger partial charge is 0.506 e. The van der Waals surface area contributed by atoms with E-state index in [9.17, 15) is 22.9 Å². The maximum absolute atomic E-state index is 12.5. The van der Waals surface area contributed by atoms with Crippen LogP contribution in [-0.4, -0.2) is 35.8 Å². The van der Waals surface area contributed by atoms with Gasteiger partial charge in [0.25, 0.3) is 16.0 Å². The minimum Gasteiger partial charge on any atom is -0.506 e. The highest BCUT2D eigenvalue weighted by molar-refractivity contribution is 7.86. The van der Waals surface area contributed by atoms with Crippen LogP contribution in [-0.2, 0) is 10.1 Å². The molecule has 0 aliphatic rings. The van der Waals surface area contributed by atoms with E-state index in [-0.39, 0.29) is 17.9 Å². The van der Waals surface area contributed by atoms with E-state index >= 15 is 0 Å². The predicted molar refractivity (Wildman–Crippen MR) is 148 cm³/mol. The Kier molecular flexibility index (Phi) is 13.9. The van der Waals surface area contributed by atoms with Gasteiger partial charge in [-0.25, -0.2) is 0 Å². The molecule has 0 aliphatic heterocycles. The highest BCUT2D eigenvalue weighted by Gasteiger charge is 2.22. The van der Waals surface area contributed by atoms with E-state index in [2.05, 4.69) is 12.2 Å². The van der Waals surface area contributed by atoms with Crippen molar-refractivity contribution in [1.29, 1.82) is 0 Å². The lowest BCUT2D eigenvalue weighted by Gasteiger charge is -2.14. The summed E-state index contributed by atoms with van der Waals surface area (Å²) < 4.78 is 33.3. The normalized spacial score (nSPS) is 12.6. The molecule has 2 aromatic rings. The molecule has 1 unspecified atom stereocenters. The summed E-state index contributed by atoms with van der Waals surface area (Å²) >= 11 is 0. The molecule has 6 nitrogen and oxygen atoms in total. The first-order valence-corrected chi connectivity index (χ1v) is 15.3. The molecule has 0 aliphatic carbocycles. The quantitative estimate of drug-likeness (QED) is 0.132. The van der Waals surface area contributed by atoms with Gasteiger partial charge in [0.2, 0.25) is 0 Å². The third-order valence-electron chi connectivity index (χ3n) is 6.93. The lowest BCUT2D eigenvalue weighted by atomic mass is 10.0. The summed E-state index contributed by atoms with van der Waals surface area (Å²) in [5, 5.41) is 13.8. The van der Waals surface area contributed by atoms with Gasteiger partial charge in [0.05, 0.1) is 10.8 Å². The number of nitrogens with one attached hydrogen (secondary N) is 1. The van der Waals surface area contributed by atoms with Crippen LogP contribution < -0.4 is 5.32 Å². The van der Waals surface area contributed by atoms with Crippen LogP contribution in [0.2, 0.25) is 0 Å². The zero-order chi connectivity index (χ0) is 26.2. The Morgan fingerprint density at radius 1 is 0.806 bits per heavy atom. The van der Waals surface area contributed by atoms with Crippen LogP contribution in [0.4, 0.5) is 0 Å². The second-order valence-electron chi connectivity index (χ2n) is 9.90. The summed E-state index contributed by atoms with van der Waals surface area (Å²) in [5.74, 6) is -0.462. The average molecular weight is 520 g/mol. The third-order valence-corrected chi connectivity index (χ3v) is 8.25. The van der Waals surface area contributed by atoms with Crippen molar-refractivity contribution >= 4 is 26.8 Å². The molecular formula is C29H45NO5S. The molecule has 36 heavy (non-hydrogen) atoms. The molecule has 0 bridgehead atoms. The van der Waals surface area contributed by atoms with Crippen LogP contribution in [0.5, 0.6) is 5.75 Å². The Balaban J connectivity index is 1.62. The standard InChI is InChI=1S/C29H45NO5S/c1-2-3-4-5-6-7-8-9-10-11-12-13-18-25(36(33,34)35)19-16-23-30-29(32)27-22-21-24-17-14-15-20-26(24)28(27)31/h14-15,17,20-22,25,31H,2-13,16,18-19,23H2,1H3,(H,30,32)(H,33,34,35). The highest BCUT2D eigenvalue weighted by Crippen LogP contribution is 2.28.